The van der Waals surface area contributed by atoms with Gasteiger partial charge in [0.25, 0.3) is 0 Å². The van der Waals surface area contributed by atoms with Crippen LogP contribution in [0, 0.1) is 0 Å². The molecule has 0 saturated carbocycles. The average Bonchev–Trinajstić information content (AvgIpc) is 2.14. The quantitative estimate of drug-likeness (QED) is 0.572. The monoisotopic (exact) mass is 184 g/mol. The summed E-state index contributed by atoms with van der Waals surface area (Å²) >= 11 is 11.3. The van der Waals surface area contributed by atoms with Crippen molar-refractivity contribution in [2.45, 2.75) is 11.5 Å². The third kappa shape index (κ3) is 2.62. The highest BCUT2D eigenvalue weighted by molar-refractivity contribution is 6.20. The molecular formula is C6H10Cl2O2. The minimum absolute atomic E-state index is 0.0189. The zero-order valence-corrected chi connectivity index (χ0v) is 7.07. The molecule has 0 amide bonds. The number of rotatable bonds is 1. The van der Waals surface area contributed by atoms with E-state index in [1.165, 1.54) is 0 Å². The number of alkyl halides is 2. The van der Waals surface area contributed by atoms with Gasteiger partial charge in [-0.1, -0.05) is 0 Å². The van der Waals surface area contributed by atoms with Crippen molar-refractivity contribution in [3.05, 3.63) is 0 Å². The maximum absolute atomic E-state index is 5.75. The van der Waals surface area contributed by atoms with E-state index in [9.17, 15) is 0 Å². The molecule has 1 heterocycles. The van der Waals surface area contributed by atoms with Gasteiger partial charge in [0, 0.05) is 0 Å². The fraction of sp³-hybridized carbons (Fsp3) is 1.00. The smallest absolute Gasteiger partial charge is 0.0944 e. The predicted molar refractivity (Wildman–Crippen MR) is 40.9 cm³/mol. The highest BCUT2D eigenvalue weighted by Crippen LogP contribution is 2.07. The Morgan fingerprint density at radius 3 is 2.80 bits per heavy atom. The van der Waals surface area contributed by atoms with Crippen LogP contribution in [0.25, 0.3) is 0 Å². The SMILES string of the molecule is ClC[C@H]1COC[C@H](Cl)CO1. The summed E-state index contributed by atoms with van der Waals surface area (Å²) in [4.78, 5) is 0. The number of hydrogen-bond acceptors (Lipinski definition) is 2. The lowest BCUT2D eigenvalue weighted by molar-refractivity contribution is 0.0407. The van der Waals surface area contributed by atoms with Crippen molar-refractivity contribution in [1.82, 2.24) is 0 Å². The van der Waals surface area contributed by atoms with Crippen LogP contribution in [0.2, 0.25) is 0 Å². The second kappa shape index (κ2) is 4.39. The Bertz CT molecular complexity index is 99.7. The largest absolute Gasteiger partial charge is 0.377 e. The first-order valence-electron chi connectivity index (χ1n) is 3.22. The Balaban J connectivity index is 2.26. The molecule has 0 aliphatic carbocycles. The van der Waals surface area contributed by atoms with E-state index in [0.29, 0.717) is 25.7 Å². The summed E-state index contributed by atoms with van der Waals surface area (Å²) in [6.07, 6.45) is 0.0189. The van der Waals surface area contributed by atoms with Crippen molar-refractivity contribution in [1.29, 1.82) is 0 Å². The molecule has 1 fully saturated rings. The highest BCUT2D eigenvalue weighted by Gasteiger charge is 2.16. The van der Waals surface area contributed by atoms with Crippen LogP contribution in [0.5, 0.6) is 0 Å². The maximum Gasteiger partial charge on any atom is 0.0944 e. The lowest BCUT2D eigenvalue weighted by atomic mass is 10.4. The van der Waals surface area contributed by atoms with E-state index < -0.39 is 0 Å². The van der Waals surface area contributed by atoms with Crippen molar-refractivity contribution < 1.29 is 9.47 Å². The maximum atomic E-state index is 5.75. The minimum atomic E-state index is -0.0202. The molecular weight excluding hydrogens is 175 g/mol. The molecule has 1 aliphatic rings. The standard InChI is InChI=1S/C6H10Cl2O2/c7-1-6-4-9-2-5(8)3-10-6/h5-6H,1-4H2/t5-,6-/m0/s1. The topological polar surface area (TPSA) is 18.5 Å². The van der Waals surface area contributed by atoms with E-state index in [1.54, 1.807) is 0 Å². The van der Waals surface area contributed by atoms with Gasteiger partial charge >= 0.3 is 0 Å². The summed E-state index contributed by atoms with van der Waals surface area (Å²) < 4.78 is 10.4. The zero-order valence-electron chi connectivity index (χ0n) is 5.56. The predicted octanol–water partition coefficient (Wildman–Crippen LogP) is 1.25. The third-order valence-corrected chi connectivity index (χ3v) is 1.88. The molecule has 0 aromatic carbocycles. The van der Waals surface area contributed by atoms with Gasteiger partial charge in [0.05, 0.1) is 37.2 Å². The van der Waals surface area contributed by atoms with E-state index in [-0.39, 0.29) is 11.5 Å². The van der Waals surface area contributed by atoms with Gasteiger partial charge in [0.15, 0.2) is 0 Å². The summed E-state index contributed by atoms with van der Waals surface area (Å²) in [5.74, 6) is 0.476. The van der Waals surface area contributed by atoms with E-state index in [4.69, 9.17) is 32.7 Å². The second-order valence-electron chi connectivity index (χ2n) is 2.24. The van der Waals surface area contributed by atoms with Crippen molar-refractivity contribution in [2.24, 2.45) is 0 Å². The van der Waals surface area contributed by atoms with Crippen LogP contribution in [0.1, 0.15) is 0 Å². The summed E-state index contributed by atoms with van der Waals surface area (Å²) in [7, 11) is 0. The molecule has 4 heteroatoms. The Labute approximate surface area is 70.4 Å². The molecule has 0 spiro atoms. The van der Waals surface area contributed by atoms with Gasteiger partial charge in [0.1, 0.15) is 0 Å². The van der Waals surface area contributed by atoms with Crippen LogP contribution in [-0.2, 0) is 9.47 Å². The normalized spacial score (nSPS) is 35.4. The molecule has 2 atom stereocenters. The van der Waals surface area contributed by atoms with Crippen LogP contribution in [0.4, 0.5) is 0 Å². The van der Waals surface area contributed by atoms with Crippen molar-refractivity contribution >= 4 is 23.2 Å². The van der Waals surface area contributed by atoms with Gasteiger partial charge in [-0.2, -0.15) is 0 Å². The Morgan fingerprint density at radius 2 is 2.10 bits per heavy atom. The molecule has 0 aromatic rings. The Morgan fingerprint density at radius 1 is 1.30 bits per heavy atom. The fourth-order valence-electron chi connectivity index (χ4n) is 0.753. The van der Waals surface area contributed by atoms with Crippen LogP contribution in [0.15, 0.2) is 0 Å². The molecule has 0 aromatic heterocycles. The summed E-state index contributed by atoms with van der Waals surface area (Å²) in [5, 5.41) is -0.0202. The number of halogens is 2. The number of ether oxygens (including phenoxy) is 2. The van der Waals surface area contributed by atoms with Gasteiger partial charge < -0.3 is 9.47 Å². The summed E-state index contributed by atoms with van der Waals surface area (Å²) in [6, 6.07) is 0. The average molecular weight is 185 g/mol. The van der Waals surface area contributed by atoms with Gasteiger partial charge in [-0.05, 0) is 0 Å². The minimum Gasteiger partial charge on any atom is -0.377 e. The van der Waals surface area contributed by atoms with Crippen LogP contribution >= 0.6 is 23.2 Å². The molecule has 2 nitrogen and oxygen atoms in total. The molecule has 1 aliphatic heterocycles. The van der Waals surface area contributed by atoms with Crippen molar-refractivity contribution in [3.63, 3.8) is 0 Å². The van der Waals surface area contributed by atoms with E-state index in [1.807, 2.05) is 0 Å². The fourth-order valence-corrected chi connectivity index (χ4v) is 1.09. The Kier molecular flexibility index (Phi) is 3.78. The molecule has 1 rings (SSSR count). The van der Waals surface area contributed by atoms with Crippen LogP contribution in [-0.4, -0.2) is 37.2 Å². The van der Waals surface area contributed by atoms with E-state index >= 15 is 0 Å². The molecule has 1 saturated heterocycles. The van der Waals surface area contributed by atoms with Gasteiger partial charge in [-0.15, -0.1) is 23.2 Å². The first kappa shape index (κ1) is 8.60. The van der Waals surface area contributed by atoms with E-state index in [0.717, 1.165) is 0 Å². The molecule has 0 bridgehead atoms. The summed E-state index contributed by atoms with van der Waals surface area (Å²) in [6.45, 7) is 1.67. The molecule has 10 heavy (non-hydrogen) atoms. The molecule has 0 radical (unpaired) electrons. The highest BCUT2D eigenvalue weighted by atomic mass is 35.5. The lowest BCUT2D eigenvalue weighted by Gasteiger charge is -2.09. The molecule has 0 unspecified atom stereocenters. The van der Waals surface area contributed by atoms with Gasteiger partial charge in [-0.25, -0.2) is 0 Å². The molecule has 60 valence electrons. The van der Waals surface area contributed by atoms with Gasteiger partial charge in [-0.3, -0.25) is 0 Å². The first-order chi connectivity index (χ1) is 4.83. The van der Waals surface area contributed by atoms with Gasteiger partial charge in [0.2, 0.25) is 0 Å². The summed E-state index contributed by atoms with van der Waals surface area (Å²) in [5.41, 5.74) is 0. The molecule has 0 N–H and O–H groups in total. The number of hydrogen-bond donors (Lipinski definition) is 0. The Hall–Kier alpha value is 0.500. The second-order valence-corrected chi connectivity index (χ2v) is 3.17. The zero-order chi connectivity index (χ0) is 7.40. The van der Waals surface area contributed by atoms with Crippen LogP contribution < -0.4 is 0 Å². The van der Waals surface area contributed by atoms with Crippen LogP contribution in [0.3, 0.4) is 0 Å². The van der Waals surface area contributed by atoms with E-state index in [2.05, 4.69) is 0 Å². The lowest BCUT2D eigenvalue weighted by Crippen LogP contribution is -2.19. The third-order valence-electron chi connectivity index (χ3n) is 1.29. The van der Waals surface area contributed by atoms with Crippen molar-refractivity contribution in [3.8, 4) is 0 Å². The first-order valence-corrected chi connectivity index (χ1v) is 4.19. The van der Waals surface area contributed by atoms with Crippen molar-refractivity contribution in [2.75, 3.05) is 25.7 Å².